The van der Waals surface area contributed by atoms with E-state index in [0.29, 0.717) is 5.16 Å². The summed E-state index contributed by atoms with van der Waals surface area (Å²) in [6, 6.07) is 2.10. The van der Waals surface area contributed by atoms with Crippen molar-refractivity contribution in [3.05, 3.63) is 17.0 Å². The van der Waals surface area contributed by atoms with Crippen LogP contribution in [-0.4, -0.2) is 31.6 Å². The Morgan fingerprint density at radius 1 is 1.43 bits per heavy atom. The number of rotatable bonds is 5. The van der Waals surface area contributed by atoms with Crippen molar-refractivity contribution in [2.45, 2.75) is 44.8 Å². The summed E-state index contributed by atoms with van der Waals surface area (Å²) in [6.07, 6.45) is 0.938. The lowest BCUT2D eigenvalue weighted by Gasteiger charge is -2.24. The Morgan fingerprint density at radius 2 is 2.14 bits per heavy atom. The van der Waals surface area contributed by atoms with Crippen LogP contribution in [0.15, 0.2) is 16.6 Å². The number of aliphatic carboxylic acids is 1. The predicted molar refractivity (Wildman–Crippen MR) is 86.1 cm³/mol. The van der Waals surface area contributed by atoms with Crippen molar-refractivity contribution in [1.29, 1.82) is 0 Å². The maximum absolute atomic E-state index is 10.8. The second-order valence-corrected chi connectivity index (χ2v) is 7.48. The number of carboxylic acid groups (broad SMARTS) is 1. The molecule has 0 amide bonds. The molecule has 114 valence electrons. The smallest absolute Gasteiger partial charge is 0.313 e. The van der Waals surface area contributed by atoms with Crippen molar-refractivity contribution in [3.8, 4) is 10.7 Å². The monoisotopic (exact) mass is 325 g/mol. The lowest BCUT2D eigenvalue weighted by Crippen LogP contribution is -2.24. The SMILES string of the molecule is CCc1ccsc1-c1nnc(SCC(=O)O)n1C(C)(C)C. The second kappa shape index (κ2) is 6.19. The van der Waals surface area contributed by atoms with Gasteiger partial charge in [0.25, 0.3) is 0 Å². The molecule has 2 aromatic heterocycles. The molecular weight excluding hydrogens is 306 g/mol. The number of thioether (sulfide) groups is 1. The quantitative estimate of drug-likeness (QED) is 0.852. The molecule has 0 bridgehead atoms. The zero-order chi connectivity index (χ0) is 15.6. The topological polar surface area (TPSA) is 68.0 Å². The van der Waals surface area contributed by atoms with Gasteiger partial charge in [-0.1, -0.05) is 18.7 Å². The number of aromatic nitrogens is 3. The van der Waals surface area contributed by atoms with Gasteiger partial charge in [-0.25, -0.2) is 0 Å². The molecule has 0 aliphatic carbocycles. The van der Waals surface area contributed by atoms with Crippen molar-refractivity contribution in [3.63, 3.8) is 0 Å². The number of carboxylic acids is 1. The molecule has 0 aliphatic rings. The van der Waals surface area contributed by atoms with Gasteiger partial charge in [-0.15, -0.1) is 21.5 Å². The van der Waals surface area contributed by atoms with Crippen LogP contribution in [0, 0.1) is 0 Å². The minimum absolute atomic E-state index is 0.0146. The zero-order valence-corrected chi connectivity index (χ0v) is 14.2. The lowest BCUT2D eigenvalue weighted by molar-refractivity contribution is -0.133. The van der Waals surface area contributed by atoms with Gasteiger partial charge in [0.2, 0.25) is 0 Å². The lowest BCUT2D eigenvalue weighted by atomic mass is 10.1. The molecule has 0 aromatic carbocycles. The summed E-state index contributed by atoms with van der Waals surface area (Å²) in [7, 11) is 0. The summed E-state index contributed by atoms with van der Waals surface area (Å²) < 4.78 is 2.03. The Bertz CT molecular complexity index is 641. The van der Waals surface area contributed by atoms with Gasteiger partial charge in [-0.3, -0.25) is 9.36 Å². The first kappa shape index (κ1) is 16.0. The van der Waals surface area contributed by atoms with E-state index in [9.17, 15) is 4.79 Å². The van der Waals surface area contributed by atoms with Crippen molar-refractivity contribution < 1.29 is 9.90 Å². The Morgan fingerprint density at radius 3 is 2.71 bits per heavy atom. The third-order valence-electron chi connectivity index (χ3n) is 2.96. The van der Waals surface area contributed by atoms with E-state index in [1.54, 1.807) is 11.3 Å². The highest BCUT2D eigenvalue weighted by Crippen LogP contribution is 2.35. The van der Waals surface area contributed by atoms with Crippen LogP contribution >= 0.6 is 23.1 Å². The Hall–Kier alpha value is -1.34. The van der Waals surface area contributed by atoms with Gasteiger partial charge in [-0.2, -0.15) is 0 Å². The zero-order valence-electron chi connectivity index (χ0n) is 12.6. The maximum atomic E-state index is 10.8. The van der Waals surface area contributed by atoms with Crippen LogP contribution in [0.2, 0.25) is 0 Å². The fourth-order valence-corrected chi connectivity index (χ4v) is 3.86. The minimum Gasteiger partial charge on any atom is -0.481 e. The average molecular weight is 325 g/mol. The summed E-state index contributed by atoms with van der Waals surface area (Å²) in [6.45, 7) is 8.33. The summed E-state index contributed by atoms with van der Waals surface area (Å²) in [5.74, 6) is -0.0446. The van der Waals surface area contributed by atoms with Gasteiger partial charge in [0, 0.05) is 5.54 Å². The fraction of sp³-hybridized carbons (Fsp3) is 0.500. The molecule has 2 heterocycles. The van der Waals surface area contributed by atoms with E-state index >= 15 is 0 Å². The van der Waals surface area contributed by atoms with Gasteiger partial charge in [0.05, 0.1) is 10.6 Å². The second-order valence-electron chi connectivity index (χ2n) is 5.62. The largest absolute Gasteiger partial charge is 0.481 e. The highest BCUT2D eigenvalue weighted by molar-refractivity contribution is 7.99. The molecule has 0 unspecified atom stereocenters. The number of nitrogens with zero attached hydrogens (tertiary/aromatic N) is 3. The van der Waals surface area contributed by atoms with E-state index in [-0.39, 0.29) is 11.3 Å². The van der Waals surface area contributed by atoms with Gasteiger partial charge in [0.15, 0.2) is 11.0 Å². The molecule has 2 aromatic rings. The molecule has 2 rings (SSSR count). The van der Waals surface area contributed by atoms with Crippen LogP contribution < -0.4 is 0 Å². The third kappa shape index (κ3) is 3.47. The minimum atomic E-state index is -0.851. The van der Waals surface area contributed by atoms with Crippen molar-refractivity contribution in [1.82, 2.24) is 14.8 Å². The molecular formula is C14H19N3O2S2. The molecule has 0 fully saturated rings. The van der Waals surface area contributed by atoms with Crippen LogP contribution in [0.3, 0.4) is 0 Å². The van der Waals surface area contributed by atoms with Crippen molar-refractivity contribution in [2.75, 3.05) is 5.75 Å². The van der Waals surface area contributed by atoms with Crippen LogP contribution in [0.25, 0.3) is 10.7 Å². The number of thiophene rings is 1. The number of aryl methyl sites for hydroxylation is 1. The molecule has 0 radical (unpaired) electrons. The highest BCUT2D eigenvalue weighted by Gasteiger charge is 2.26. The standard InChI is InChI=1S/C14H19N3O2S2/c1-5-9-6-7-20-11(9)12-15-16-13(21-8-10(18)19)17(12)14(2,3)4/h6-7H,5,8H2,1-4H3,(H,18,19). The first-order chi connectivity index (χ1) is 9.84. The molecule has 0 saturated heterocycles. The van der Waals surface area contributed by atoms with Crippen molar-refractivity contribution in [2.24, 2.45) is 0 Å². The van der Waals surface area contributed by atoms with E-state index < -0.39 is 5.97 Å². The van der Waals surface area contributed by atoms with Crippen LogP contribution in [0.4, 0.5) is 0 Å². The predicted octanol–water partition coefficient (Wildman–Crippen LogP) is 3.50. The van der Waals surface area contributed by atoms with E-state index in [0.717, 1.165) is 17.1 Å². The van der Waals surface area contributed by atoms with Gasteiger partial charge in [0.1, 0.15) is 0 Å². The fourth-order valence-electron chi connectivity index (χ4n) is 2.05. The van der Waals surface area contributed by atoms with Crippen LogP contribution in [0.1, 0.15) is 33.3 Å². The van der Waals surface area contributed by atoms with Crippen LogP contribution in [-0.2, 0) is 16.8 Å². The van der Waals surface area contributed by atoms with Gasteiger partial charge >= 0.3 is 5.97 Å². The summed E-state index contributed by atoms with van der Waals surface area (Å²) >= 11 is 2.85. The molecule has 0 aliphatic heterocycles. The van der Waals surface area contributed by atoms with E-state index in [1.807, 2.05) is 4.57 Å². The highest BCUT2D eigenvalue weighted by atomic mass is 32.2. The number of hydrogen-bond donors (Lipinski definition) is 1. The summed E-state index contributed by atoms with van der Waals surface area (Å²) in [4.78, 5) is 11.9. The average Bonchev–Trinajstić information content (AvgIpc) is 3.01. The molecule has 0 atom stereocenters. The third-order valence-corrected chi connectivity index (χ3v) is 4.83. The molecule has 5 nitrogen and oxygen atoms in total. The maximum Gasteiger partial charge on any atom is 0.313 e. The first-order valence-electron chi connectivity index (χ1n) is 6.71. The van der Waals surface area contributed by atoms with E-state index in [2.05, 4.69) is 49.3 Å². The Balaban J connectivity index is 2.49. The number of carbonyl (C=O) groups is 1. The molecule has 21 heavy (non-hydrogen) atoms. The molecule has 0 spiro atoms. The molecule has 0 saturated carbocycles. The summed E-state index contributed by atoms with van der Waals surface area (Å²) in [5, 5.41) is 20.1. The van der Waals surface area contributed by atoms with E-state index in [4.69, 9.17) is 5.11 Å². The number of hydrogen-bond acceptors (Lipinski definition) is 5. The van der Waals surface area contributed by atoms with E-state index in [1.165, 1.54) is 17.3 Å². The van der Waals surface area contributed by atoms with Gasteiger partial charge in [-0.05, 0) is 44.2 Å². The van der Waals surface area contributed by atoms with Crippen molar-refractivity contribution >= 4 is 29.1 Å². The van der Waals surface area contributed by atoms with Gasteiger partial charge < -0.3 is 5.11 Å². The molecule has 7 heteroatoms. The molecule has 1 N–H and O–H groups in total. The Kier molecular flexibility index (Phi) is 4.73. The summed E-state index contributed by atoms with van der Waals surface area (Å²) in [5.41, 5.74) is 1.03. The normalized spacial score (nSPS) is 11.8. The van der Waals surface area contributed by atoms with Crippen LogP contribution in [0.5, 0.6) is 0 Å². The first-order valence-corrected chi connectivity index (χ1v) is 8.58. The Labute approximate surface area is 132 Å².